The van der Waals surface area contributed by atoms with Crippen molar-refractivity contribution in [2.75, 3.05) is 13.2 Å². The lowest BCUT2D eigenvalue weighted by Crippen LogP contribution is -2.39. The van der Waals surface area contributed by atoms with Crippen LogP contribution in [-0.4, -0.2) is 38.8 Å². The van der Waals surface area contributed by atoms with Crippen LogP contribution >= 0.6 is 0 Å². The molecule has 1 heterocycles. The molecule has 2 saturated carbocycles. The molecule has 10 radical (unpaired) electrons. The molecule has 3 aliphatic rings. The summed E-state index contributed by atoms with van der Waals surface area (Å²) in [4.78, 5) is 4.90. The van der Waals surface area contributed by atoms with E-state index in [-0.39, 0.29) is 11.6 Å². The van der Waals surface area contributed by atoms with Crippen molar-refractivity contribution in [2.24, 2.45) is 4.99 Å². The first kappa shape index (κ1) is 20.4. The van der Waals surface area contributed by atoms with Crippen molar-refractivity contribution in [1.82, 2.24) is 0 Å². The summed E-state index contributed by atoms with van der Waals surface area (Å²) >= 11 is 0. The van der Waals surface area contributed by atoms with Gasteiger partial charge in [-0.3, -0.25) is 0 Å². The molecule has 1 aliphatic heterocycles. The van der Waals surface area contributed by atoms with Crippen LogP contribution in [0.4, 0.5) is 0 Å². The van der Waals surface area contributed by atoms with Crippen molar-refractivity contribution in [3.05, 3.63) is 62.3 Å². The third-order valence-electron chi connectivity index (χ3n) is 5.12. The highest BCUT2D eigenvalue weighted by molar-refractivity contribution is 6.83. The summed E-state index contributed by atoms with van der Waals surface area (Å²) in [5, 5.41) is 0. The van der Waals surface area contributed by atoms with Crippen LogP contribution in [-0.2, 0) is 9.47 Å². The number of hydrogen-bond donors (Lipinski definition) is 0. The Hall–Kier alpha value is -0.353. The third kappa shape index (κ3) is 4.92. The van der Waals surface area contributed by atoms with Gasteiger partial charge in [0.2, 0.25) is 0 Å². The van der Waals surface area contributed by atoms with Crippen molar-refractivity contribution >= 4 is 14.0 Å². The van der Waals surface area contributed by atoms with Gasteiger partial charge >= 0.3 is 0 Å². The molecule has 1 atom stereocenters. The Morgan fingerprint density at radius 2 is 1.85 bits per heavy atom. The summed E-state index contributed by atoms with van der Waals surface area (Å²) < 4.78 is 12.2. The highest BCUT2D eigenvalue weighted by Crippen LogP contribution is 2.42. The second kappa shape index (κ2) is 8.34. The molecule has 0 amide bonds. The number of rotatable bonds is 8. The average Bonchev–Trinajstić information content (AvgIpc) is 3.31. The lowest BCUT2D eigenvalue weighted by atomic mass is 9.99. The highest BCUT2D eigenvalue weighted by Gasteiger charge is 2.45. The van der Waals surface area contributed by atoms with Crippen molar-refractivity contribution in [1.29, 1.82) is 0 Å². The minimum Gasteiger partial charge on any atom is -0.478 e. The molecule has 0 aromatic rings. The Kier molecular flexibility index (Phi) is 6.54. The van der Waals surface area contributed by atoms with E-state index >= 15 is 0 Å². The number of nitrogens with zero attached hydrogens (tertiary/aromatic N) is 1. The first-order valence-corrected chi connectivity index (χ1v) is 13.1. The molecule has 0 N–H and O–H groups in total. The minimum absolute atomic E-state index is 0.0424. The summed E-state index contributed by atoms with van der Waals surface area (Å²) in [6.07, 6.45) is 17.1. The lowest BCUT2D eigenvalue weighted by Gasteiger charge is -2.29. The summed E-state index contributed by atoms with van der Waals surface area (Å²) in [6, 6.07) is 0.0424. The smallest absolute Gasteiger partial charge is 0.191 e. The molecule has 0 aromatic heterocycles. The van der Waals surface area contributed by atoms with E-state index in [1.165, 1.54) is 17.4 Å². The number of aliphatic imine (C=N–C) groups is 1. The second-order valence-corrected chi connectivity index (χ2v) is 13.8. The zero-order chi connectivity index (χ0) is 18.8. The van der Waals surface area contributed by atoms with E-state index in [4.69, 9.17) is 14.5 Å². The Balaban J connectivity index is 1.50. The third-order valence-corrected chi connectivity index (χ3v) is 7.18. The number of hydrogen-bond acceptors (Lipinski definition) is 3. The first-order chi connectivity index (χ1) is 12.3. The molecular formula is C22H31NO2Si. The van der Waals surface area contributed by atoms with Crippen LogP contribution in [0.2, 0.25) is 19.6 Å². The van der Waals surface area contributed by atoms with Gasteiger partial charge in [-0.25, -0.2) is 4.99 Å². The van der Waals surface area contributed by atoms with E-state index in [9.17, 15) is 0 Å². The van der Waals surface area contributed by atoms with Crippen LogP contribution in [0.1, 0.15) is 26.7 Å². The second-order valence-electron chi connectivity index (χ2n) is 8.71. The molecule has 4 heteroatoms. The van der Waals surface area contributed by atoms with Gasteiger partial charge in [0.05, 0.1) is 19.6 Å². The number of ether oxygens (including phenoxy) is 2. The van der Waals surface area contributed by atoms with E-state index in [1.807, 2.05) is 0 Å². The zero-order valence-corrected chi connectivity index (χ0v) is 17.7. The van der Waals surface area contributed by atoms with Crippen molar-refractivity contribution < 1.29 is 9.47 Å². The monoisotopic (exact) mass is 369 g/mol. The molecule has 0 spiro atoms. The van der Waals surface area contributed by atoms with E-state index in [2.05, 4.69) is 78.4 Å². The lowest BCUT2D eigenvalue weighted by molar-refractivity contribution is -0.0401. The fourth-order valence-electron chi connectivity index (χ4n) is 3.43. The molecule has 3 nitrogen and oxygen atoms in total. The van der Waals surface area contributed by atoms with E-state index in [0.717, 1.165) is 25.3 Å². The normalized spacial score (nSPS) is 26.5. The van der Waals surface area contributed by atoms with Gasteiger partial charge in [-0.1, -0.05) is 19.6 Å². The Bertz CT molecular complexity index is 491. The Morgan fingerprint density at radius 3 is 2.54 bits per heavy atom. The van der Waals surface area contributed by atoms with E-state index in [1.54, 1.807) is 0 Å². The largest absolute Gasteiger partial charge is 0.478 e. The molecular weight excluding hydrogens is 338 g/mol. The van der Waals surface area contributed by atoms with Gasteiger partial charge in [-0.2, -0.15) is 0 Å². The SMILES string of the molecule is CC(C)(OCCC[C]1[CH][CH][CH][CH]1)[C@@H]1COC([C]2[CH][CH][CH][C]2[Si](C)(C)C)=N1. The summed E-state index contributed by atoms with van der Waals surface area (Å²) in [7, 11) is -1.41. The van der Waals surface area contributed by atoms with Crippen LogP contribution in [0.5, 0.6) is 0 Å². The topological polar surface area (TPSA) is 30.8 Å². The van der Waals surface area contributed by atoms with Crippen LogP contribution in [0.25, 0.3) is 0 Å². The average molecular weight is 370 g/mol. The molecule has 3 rings (SSSR count). The summed E-state index contributed by atoms with van der Waals surface area (Å²) in [5.74, 6) is 3.36. The maximum absolute atomic E-state index is 6.20. The van der Waals surface area contributed by atoms with Gasteiger partial charge in [-0.05, 0) is 83.1 Å². The summed E-state index contributed by atoms with van der Waals surface area (Å²) in [5.41, 5.74) is 1.10. The molecule has 0 saturated heterocycles. The van der Waals surface area contributed by atoms with Crippen LogP contribution in [0, 0.1) is 62.3 Å². The van der Waals surface area contributed by atoms with Gasteiger partial charge in [0.15, 0.2) is 5.90 Å². The fourth-order valence-corrected chi connectivity index (χ4v) is 5.02. The van der Waals surface area contributed by atoms with Crippen molar-refractivity contribution in [2.45, 2.75) is 58.0 Å². The van der Waals surface area contributed by atoms with Crippen LogP contribution in [0.15, 0.2) is 4.99 Å². The molecule has 0 unspecified atom stereocenters. The van der Waals surface area contributed by atoms with Gasteiger partial charge in [0.25, 0.3) is 0 Å². The van der Waals surface area contributed by atoms with Crippen molar-refractivity contribution in [3.8, 4) is 0 Å². The highest BCUT2D eigenvalue weighted by atomic mass is 28.3. The van der Waals surface area contributed by atoms with E-state index < -0.39 is 8.07 Å². The predicted octanol–water partition coefficient (Wildman–Crippen LogP) is 4.42. The Morgan fingerprint density at radius 1 is 1.12 bits per heavy atom. The summed E-state index contributed by atoms with van der Waals surface area (Å²) in [6.45, 7) is 12.7. The fraction of sp³-hybridized carbons (Fsp3) is 0.500. The van der Waals surface area contributed by atoms with E-state index in [0.29, 0.717) is 6.61 Å². The quantitative estimate of drug-likeness (QED) is 0.468. The standard InChI is InChI=1S/C22H31NO2Si/c1-22(2,25-15-9-12-17-10-6-7-11-17)20-16-24-21(23-20)18-13-8-14-19(18)26(3,4)5/h6-8,10-11,13-14,20H,9,12,15-16H2,1-5H3/t20-/m0/s1. The zero-order valence-electron chi connectivity index (χ0n) is 16.7. The predicted molar refractivity (Wildman–Crippen MR) is 110 cm³/mol. The molecule has 2 fully saturated rings. The molecule has 0 aromatic carbocycles. The first-order valence-electron chi connectivity index (χ1n) is 9.59. The minimum atomic E-state index is -1.41. The van der Waals surface area contributed by atoms with Crippen LogP contribution < -0.4 is 0 Å². The molecule has 0 bridgehead atoms. The Labute approximate surface area is 162 Å². The molecule has 2 aliphatic carbocycles. The maximum atomic E-state index is 6.20. The van der Waals surface area contributed by atoms with Gasteiger partial charge in [0, 0.05) is 6.61 Å². The van der Waals surface area contributed by atoms with Gasteiger partial charge in [-0.15, -0.1) is 0 Å². The van der Waals surface area contributed by atoms with Crippen molar-refractivity contribution in [3.63, 3.8) is 0 Å². The molecule has 26 heavy (non-hydrogen) atoms. The van der Waals surface area contributed by atoms with Crippen LogP contribution in [0.3, 0.4) is 0 Å². The van der Waals surface area contributed by atoms with Gasteiger partial charge < -0.3 is 9.47 Å². The van der Waals surface area contributed by atoms with Gasteiger partial charge in [0.1, 0.15) is 12.6 Å². The molecule has 140 valence electrons. The maximum Gasteiger partial charge on any atom is 0.191 e.